The predicted octanol–water partition coefficient (Wildman–Crippen LogP) is 3.87. The summed E-state index contributed by atoms with van der Waals surface area (Å²) in [7, 11) is -3.56. The Balaban J connectivity index is 1.74. The van der Waals surface area contributed by atoms with Gasteiger partial charge < -0.3 is 4.42 Å². The van der Waals surface area contributed by atoms with Gasteiger partial charge >= 0.3 is 0 Å². The average Bonchev–Trinajstić information content (AvgIpc) is 3.01. The molecule has 0 atom stereocenters. The van der Waals surface area contributed by atoms with E-state index in [1.807, 2.05) is 36.4 Å². The van der Waals surface area contributed by atoms with Gasteiger partial charge in [-0.05, 0) is 35.9 Å². The predicted molar refractivity (Wildman–Crippen MR) is 92.0 cm³/mol. The Morgan fingerprint density at radius 3 is 2.38 bits per heavy atom. The summed E-state index contributed by atoms with van der Waals surface area (Å²) in [5.41, 5.74) is 0.978. The van der Waals surface area contributed by atoms with Crippen molar-refractivity contribution in [3.8, 4) is 0 Å². The summed E-state index contributed by atoms with van der Waals surface area (Å²) in [4.78, 5) is 0.159. The van der Waals surface area contributed by atoms with Crippen molar-refractivity contribution in [3.05, 3.63) is 77.0 Å². The highest BCUT2D eigenvalue weighted by Crippen LogP contribution is 2.19. The number of aromatic nitrogens is 2. The van der Waals surface area contributed by atoms with Crippen LogP contribution in [0.4, 0.5) is 0 Å². The molecule has 24 heavy (non-hydrogen) atoms. The SMILES string of the molecule is O=S(=O)(Cc1nnc(/C=C/c2ccccc2)o1)c1ccc(Cl)cc1. The minimum Gasteiger partial charge on any atom is -0.420 e. The molecular weight excluding hydrogens is 348 g/mol. The first-order valence-corrected chi connectivity index (χ1v) is 9.10. The zero-order valence-electron chi connectivity index (χ0n) is 12.5. The van der Waals surface area contributed by atoms with Crippen LogP contribution in [0.15, 0.2) is 63.9 Å². The molecule has 0 N–H and O–H groups in total. The van der Waals surface area contributed by atoms with E-state index in [0.29, 0.717) is 5.02 Å². The summed E-state index contributed by atoms with van der Waals surface area (Å²) in [6.45, 7) is 0. The van der Waals surface area contributed by atoms with Gasteiger partial charge in [0, 0.05) is 11.1 Å². The van der Waals surface area contributed by atoms with Crippen molar-refractivity contribution in [1.82, 2.24) is 10.2 Å². The van der Waals surface area contributed by atoms with Gasteiger partial charge in [-0.1, -0.05) is 41.9 Å². The molecule has 122 valence electrons. The maximum atomic E-state index is 12.3. The van der Waals surface area contributed by atoms with Crippen molar-refractivity contribution in [2.75, 3.05) is 0 Å². The molecule has 0 saturated carbocycles. The van der Waals surface area contributed by atoms with Crippen molar-refractivity contribution >= 4 is 33.6 Å². The molecule has 3 rings (SSSR count). The third-order valence-corrected chi connectivity index (χ3v) is 5.06. The zero-order chi connectivity index (χ0) is 17.0. The number of hydrogen-bond donors (Lipinski definition) is 0. The Kier molecular flexibility index (Phi) is 4.78. The van der Waals surface area contributed by atoms with Crippen LogP contribution in [0, 0.1) is 0 Å². The number of halogens is 1. The summed E-state index contributed by atoms with van der Waals surface area (Å²) in [5.74, 6) is -0.0707. The molecule has 5 nitrogen and oxygen atoms in total. The van der Waals surface area contributed by atoms with Crippen LogP contribution in [0.3, 0.4) is 0 Å². The second-order valence-corrected chi connectivity index (χ2v) is 7.42. The van der Waals surface area contributed by atoms with Gasteiger partial charge in [0.25, 0.3) is 0 Å². The monoisotopic (exact) mass is 360 g/mol. The van der Waals surface area contributed by atoms with Gasteiger partial charge in [0.05, 0.1) is 4.90 Å². The molecule has 0 bridgehead atoms. The van der Waals surface area contributed by atoms with Crippen LogP contribution < -0.4 is 0 Å². The standard InChI is InChI=1S/C17H13ClN2O3S/c18-14-7-9-15(10-8-14)24(21,22)12-17-20-19-16(23-17)11-6-13-4-2-1-3-5-13/h1-11H,12H2/b11-6+. The van der Waals surface area contributed by atoms with Crippen molar-refractivity contribution in [1.29, 1.82) is 0 Å². The van der Waals surface area contributed by atoms with Crippen molar-refractivity contribution in [2.45, 2.75) is 10.6 Å². The second kappa shape index (κ2) is 6.98. The maximum Gasteiger partial charge on any atom is 0.240 e. The summed E-state index contributed by atoms with van der Waals surface area (Å²) in [6.07, 6.45) is 3.45. The van der Waals surface area contributed by atoms with E-state index in [9.17, 15) is 8.42 Å². The Bertz CT molecular complexity index is 949. The van der Waals surface area contributed by atoms with Crippen molar-refractivity contribution < 1.29 is 12.8 Å². The molecule has 7 heteroatoms. The molecule has 1 aromatic heterocycles. The van der Waals surface area contributed by atoms with Gasteiger partial charge in [-0.2, -0.15) is 0 Å². The molecule has 0 saturated heterocycles. The Morgan fingerprint density at radius 2 is 1.67 bits per heavy atom. The van der Waals surface area contributed by atoms with Crippen LogP contribution in [-0.4, -0.2) is 18.6 Å². The fourth-order valence-electron chi connectivity index (χ4n) is 2.01. The van der Waals surface area contributed by atoms with Crippen LogP contribution in [0.25, 0.3) is 12.2 Å². The van der Waals surface area contributed by atoms with E-state index in [-0.39, 0.29) is 22.4 Å². The number of rotatable bonds is 5. The smallest absolute Gasteiger partial charge is 0.240 e. The molecule has 0 spiro atoms. The van der Waals surface area contributed by atoms with E-state index in [4.69, 9.17) is 16.0 Å². The van der Waals surface area contributed by atoms with Crippen molar-refractivity contribution in [3.63, 3.8) is 0 Å². The van der Waals surface area contributed by atoms with Gasteiger partial charge in [0.2, 0.25) is 11.8 Å². The van der Waals surface area contributed by atoms with Crippen molar-refractivity contribution in [2.24, 2.45) is 0 Å². The summed E-state index contributed by atoms with van der Waals surface area (Å²) in [6, 6.07) is 15.6. The number of hydrogen-bond acceptors (Lipinski definition) is 5. The van der Waals surface area contributed by atoms with E-state index >= 15 is 0 Å². The van der Waals surface area contributed by atoms with Gasteiger partial charge in [-0.25, -0.2) is 8.42 Å². The first-order chi connectivity index (χ1) is 11.5. The minimum absolute atomic E-state index is 0.0395. The minimum atomic E-state index is -3.56. The molecule has 0 unspecified atom stereocenters. The molecule has 0 aliphatic rings. The number of sulfone groups is 1. The largest absolute Gasteiger partial charge is 0.420 e. The fourth-order valence-corrected chi connectivity index (χ4v) is 3.30. The fraction of sp³-hybridized carbons (Fsp3) is 0.0588. The number of nitrogens with zero attached hydrogens (tertiary/aromatic N) is 2. The quantitative estimate of drug-likeness (QED) is 0.690. The van der Waals surface area contributed by atoms with E-state index < -0.39 is 9.84 Å². The van der Waals surface area contributed by atoms with Crippen LogP contribution in [-0.2, 0) is 15.6 Å². The zero-order valence-corrected chi connectivity index (χ0v) is 14.0. The Labute approximate surface area is 144 Å². The van der Waals surface area contributed by atoms with Gasteiger partial charge in [-0.3, -0.25) is 0 Å². The first kappa shape index (κ1) is 16.4. The Morgan fingerprint density at radius 1 is 0.958 bits per heavy atom. The molecule has 0 fully saturated rings. The van der Waals surface area contributed by atoms with Crippen LogP contribution in [0.5, 0.6) is 0 Å². The van der Waals surface area contributed by atoms with Gasteiger partial charge in [-0.15, -0.1) is 10.2 Å². The summed E-state index contributed by atoms with van der Waals surface area (Å²) in [5, 5.41) is 8.09. The summed E-state index contributed by atoms with van der Waals surface area (Å²) >= 11 is 5.77. The molecule has 2 aromatic carbocycles. The third-order valence-electron chi connectivity index (χ3n) is 3.19. The second-order valence-electron chi connectivity index (χ2n) is 4.99. The highest BCUT2D eigenvalue weighted by Gasteiger charge is 2.19. The average molecular weight is 361 g/mol. The lowest BCUT2D eigenvalue weighted by Crippen LogP contribution is -2.05. The van der Waals surface area contributed by atoms with E-state index in [1.54, 1.807) is 6.08 Å². The lowest BCUT2D eigenvalue weighted by Gasteiger charge is -2.01. The highest BCUT2D eigenvalue weighted by atomic mass is 35.5. The molecule has 3 aromatic rings. The molecular formula is C17H13ClN2O3S. The molecule has 1 heterocycles. The lowest BCUT2D eigenvalue weighted by atomic mass is 10.2. The number of benzene rings is 2. The van der Waals surface area contributed by atoms with Gasteiger partial charge in [0.15, 0.2) is 9.84 Å². The molecule has 0 radical (unpaired) electrons. The molecule has 0 amide bonds. The van der Waals surface area contributed by atoms with E-state index in [2.05, 4.69) is 10.2 Å². The molecule has 0 aliphatic carbocycles. The van der Waals surface area contributed by atoms with E-state index in [0.717, 1.165) is 5.56 Å². The topological polar surface area (TPSA) is 73.1 Å². The van der Waals surface area contributed by atoms with Crippen LogP contribution in [0.2, 0.25) is 5.02 Å². The Hall–Kier alpha value is -2.44. The third kappa shape index (κ3) is 4.10. The lowest BCUT2D eigenvalue weighted by molar-refractivity contribution is 0.498. The highest BCUT2D eigenvalue weighted by molar-refractivity contribution is 7.90. The molecule has 0 aliphatic heterocycles. The van der Waals surface area contributed by atoms with Crippen LogP contribution in [0.1, 0.15) is 17.3 Å². The van der Waals surface area contributed by atoms with Gasteiger partial charge in [0.1, 0.15) is 5.75 Å². The van der Waals surface area contributed by atoms with E-state index in [1.165, 1.54) is 24.3 Å². The van der Waals surface area contributed by atoms with Crippen LogP contribution >= 0.6 is 11.6 Å². The summed E-state index contributed by atoms with van der Waals surface area (Å²) < 4.78 is 30.0. The normalized spacial score (nSPS) is 11.9. The maximum absolute atomic E-state index is 12.3. The first-order valence-electron chi connectivity index (χ1n) is 7.07.